The Hall–Kier alpha value is -0.280. The van der Waals surface area contributed by atoms with Crippen LogP contribution >= 0.6 is 11.6 Å². The molecular formula is C10H19ClN2O. The molecule has 0 spiro atoms. The molecule has 0 saturated carbocycles. The van der Waals surface area contributed by atoms with E-state index in [0.717, 1.165) is 6.54 Å². The largest absolute Gasteiger partial charge is 0.352 e. The molecule has 1 amide bonds. The molecule has 1 unspecified atom stereocenters. The van der Waals surface area contributed by atoms with Gasteiger partial charge in [-0.2, -0.15) is 0 Å². The quantitative estimate of drug-likeness (QED) is 0.704. The second kappa shape index (κ2) is 6.25. The maximum atomic E-state index is 11.2. The van der Waals surface area contributed by atoms with Crippen molar-refractivity contribution < 1.29 is 4.79 Å². The second-order valence-electron chi connectivity index (χ2n) is 3.92. The normalized spacial score (nSPS) is 19.6. The first-order valence-electron chi connectivity index (χ1n) is 5.30. The highest BCUT2D eigenvalue weighted by atomic mass is 35.5. The van der Waals surface area contributed by atoms with E-state index >= 15 is 0 Å². The molecule has 0 aromatic carbocycles. The summed E-state index contributed by atoms with van der Waals surface area (Å²) in [5, 5.41) is 2.94. The maximum absolute atomic E-state index is 11.2. The van der Waals surface area contributed by atoms with Gasteiger partial charge in [0, 0.05) is 24.9 Å². The highest BCUT2D eigenvalue weighted by molar-refractivity contribution is 6.18. The van der Waals surface area contributed by atoms with Crippen LogP contribution in [0.2, 0.25) is 0 Å². The van der Waals surface area contributed by atoms with Crippen LogP contribution in [0.3, 0.4) is 0 Å². The van der Waals surface area contributed by atoms with Gasteiger partial charge in [-0.15, -0.1) is 11.6 Å². The molecule has 1 heterocycles. The van der Waals surface area contributed by atoms with Crippen molar-refractivity contribution in [3.8, 4) is 0 Å². The lowest BCUT2D eigenvalue weighted by Gasteiger charge is -2.20. The molecule has 3 nitrogen and oxygen atoms in total. The Kier molecular flexibility index (Phi) is 5.26. The predicted molar refractivity (Wildman–Crippen MR) is 58.6 cm³/mol. The minimum absolute atomic E-state index is 0.0618. The minimum atomic E-state index is 0.0618. The van der Waals surface area contributed by atoms with Gasteiger partial charge >= 0.3 is 0 Å². The number of halogens is 1. The van der Waals surface area contributed by atoms with Gasteiger partial charge < -0.3 is 10.2 Å². The number of nitrogens with one attached hydrogen (secondary N) is 1. The lowest BCUT2D eigenvalue weighted by Crippen LogP contribution is -2.41. The molecule has 82 valence electrons. The van der Waals surface area contributed by atoms with Crippen LogP contribution in [0.5, 0.6) is 0 Å². The third-order valence-electron chi connectivity index (χ3n) is 2.46. The van der Waals surface area contributed by atoms with Crippen LogP contribution < -0.4 is 5.32 Å². The first-order chi connectivity index (χ1) is 6.72. The van der Waals surface area contributed by atoms with Crippen LogP contribution in [0.4, 0.5) is 0 Å². The zero-order valence-corrected chi connectivity index (χ0v) is 9.52. The molecule has 0 aliphatic carbocycles. The van der Waals surface area contributed by atoms with E-state index in [1.165, 1.54) is 25.9 Å². The molecule has 1 saturated heterocycles. The van der Waals surface area contributed by atoms with Crippen LogP contribution in [0.15, 0.2) is 0 Å². The molecule has 1 fully saturated rings. The number of hydrogen-bond donors (Lipinski definition) is 1. The van der Waals surface area contributed by atoms with Crippen molar-refractivity contribution in [3.05, 3.63) is 0 Å². The van der Waals surface area contributed by atoms with Gasteiger partial charge in [-0.25, -0.2) is 0 Å². The molecule has 1 aliphatic rings. The number of likely N-dealkylation sites (tertiary alicyclic amines) is 1. The molecule has 14 heavy (non-hydrogen) atoms. The van der Waals surface area contributed by atoms with Crippen molar-refractivity contribution in [3.63, 3.8) is 0 Å². The van der Waals surface area contributed by atoms with E-state index in [2.05, 4.69) is 10.2 Å². The predicted octanol–water partition coefficient (Wildman–Crippen LogP) is 1.22. The summed E-state index contributed by atoms with van der Waals surface area (Å²) in [4.78, 5) is 13.6. The number of amides is 1. The van der Waals surface area contributed by atoms with Crippen LogP contribution in [-0.4, -0.2) is 42.4 Å². The third-order valence-corrected chi connectivity index (χ3v) is 2.65. The number of carbonyl (C=O) groups is 1. The smallest absolute Gasteiger partial charge is 0.221 e. The van der Waals surface area contributed by atoms with Crippen molar-refractivity contribution in [2.75, 3.05) is 25.5 Å². The molecule has 0 aromatic rings. The average Bonchev–Trinajstić information content (AvgIpc) is 2.56. The summed E-state index contributed by atoms with van der Waals surface area (Å²) in [5.41, 5.74) is 0. The minimum Gasteiger partial charge on any atom is -0.352 e. The molecular weight excluding hydrogens is 200 g/mol. The number of hydrogen-bond acceptors (Lipinski definition) is 2. The van der Waals surface area contributed by atoms with Gasteiger partial charge in [-0.1, -0.05) is 0 Å². The summed E-state index contributed by atoms with van der Waals surface area (Å²) in [5.74, 6) is 0.467. The van der Waals surface area contributed by atoms with Crippen molar-refractivity contribution in [2.24, 2.45) is 0 Å². The van der Waals surface area contributed by atoms with Crippen molar-refractivity contribution >= 4 is 17.5 Å². The fourth-order valence-electron chi connectivity index (χ4n) is 1.83. The Morgan fingerprint density at radius 1 is 1.50 bits per heavy atom. The first-order valence-corrected chi connectivity index (χ1v) is 5.83. The van der Waals surface area contributed by atoms with Gasteiger partial charge in [0.2, 0.25) is 5.91 Å². The van der Waals surface area contributed by atoms with Crippen LogP contribution in [0.1, 0.15) is 26.2 Å². The van der Waals surface area contributed by atoms with Gasteiger partial charge in [0.1, 0.15) is 0 Å². The van der Waals surface area contributed by atoms with Crippen molar-refractivity contribution in [1.82, 2.24) is 10.2 Å². The number of carbonyl (C=O) groups excluding carboxylic acids is 1. The van der Waals surface area contributed by atoms with E-state index in [1.807, 2.05) is 6.92 Å². The van der Waals surface area contributed by atoms with E-state index in [1.54, 1.807) is 0 Å². The molecule has 0 bridgehead atoms. The van der Waals surface area contributed by atoms with Gasteiger partial charge in [0.25, 0.3) is 0 Å². The van der Waals surface area contributed by atoms with E-state index in [0.29, 0.717) is 12.3 Å². The number of alkyl halides is 1. The number of nitrogens with zero attached hydrogens (tertiary/aromatic N) is 1. The summed E-state index contributed by atoms with van der Waals surface area (Å²) >= 11 is 5.48. The molecule has 1 N–H and O–H groups in total. The zero-order chi connectivity index (χ0) is 10.4. The van der Waals surface area contributed by atoms with Gasteiger partial charge in [0.05, 0.1) is 0 Å². The number of rotatable bonds is 5. The molecule has 4 heteroatoms. The Labute approximate surface area is 90.8 Å². The monoisotopic (exact) mass is 218 g/mol. The fourth-order valence-corrected chi connectivity index (χ4v) is 2.00. The van der Waals surface area contributed by atoms with E-state index < -0.39 is 0 Å². The summed E-state index contributed by atoms with van der Waals surface area (Å²) < 4.78 is 0. The summed E-state index contributed by atoms with van der Waals surface area (Å²) in [6.45, 7) is 5.36. The molecule has 1 aliphatic heterocycles. The Morgan fingerprint density at radius 3 is 2.71 bits per heavy atom. The fraction of sp³-hybridized carbons (Fsp3) is 0.900. The SMILES string of the molecule is CC(CN1CCCC1)NC(=O)CCCl. The third kappa shape index (κ3) is 4.29. The lowest BCUT2D eigenvalue weighted by atomic mass is 10.3. The highest BCUT2D eigenvalue weighted by Crippen LogP contribution is 2.07. The molecule has 1 rings (SSSR count). The van der Waals surface area contributed by atoms with E-state index in [4.69, 9.17) is 11.6 Å². The molecule has 0 aromatic heterocycles. The Bertz CT molecular complexity index is 181. The lowest BCUT2D eigenvalue weighted by molar-refractivity contribution is -0.121. The van der Waals surface area contributed by atoms with Crippen molar-refractivity contribution in [1.29, 1.82) is 0 Å². The topological polar surface area (TPSA) is 32.3 Å². The summed E-state index contributed by atoms with van der Waals surface area (Å²) in [6.07, 6.45) is 3.01. The van der Waals surface area contributed by atoms with E-state index in [-0.39, 0.29) is 11.9 Å². The van der Waals surface area contributed by atoms with Gasteiger partial charge in [0.15, 0.2) is 0 Å². The van der Waals surface area contributed by atoms with Gasteiger partial charge in [-0.3, -0.25) is 4.79 Å². The Morgan fingerprint density at radius 2 is 2.14 bits per heavy atom. The molecule has 0 radical (unpaired) electrons. The van der Waals surface area contributed by atoms with Crippen molar-refractivity contribution in [2.45, 2.75) is 32.2 Å². The maximum Gasteiger partial charge on any atom is 0.221 e. The summed E-state index contributed by atoms with van der Waals surface area (Å²) in [7, 11) is 0. The average molecular weight is 219 g/mol. The molecule has 1 atom stereocenters. The summed E-state index contributed by atoms with van der Waals surface area (Å²) in [6, 6.07) is 0.240. The first kappa shape index (κ1) is 11.8. The standard InChI is InChI=1S/C10H19ClN2O/c1-9(12-10(14)4-5-11)8-13-6-2-3-7-13/h9H,2-8H2,1H3,(H,12,14). The Balaban J connectivity index is 2.14. The van der Waals surface area contributed by atoms with Crippen LogP contribution in [-0.2, 0) is 4.79 Å². The van der Waals surface area contributed by atoms with Crippen LogP contribution in [0, 0.1) is 0 Å². The zero-order valence-electron chi connectivity index (χ0n) is 8.76. The van der Waals surface area contributed by atoms with E-state index in [9.17, 15) is 4.79 Å². The van der Waals surface area contributed by atoms with Gasteiger partial charge in [-0.05, 0) is 32.9 Å². The second-order valence-corrected chi connectivity index (χ2v) is 4.29. The highest BCUT2D eigenvalue weighted by Gasteiger charge is 2.15. The van der Waals surface area contributed by atoms with Crippen LogP contribution in [0.25, 0.3) is 0 Å².